The molecular formula is C72H108F4N12O12. The van der Waals surface area contributed by atoms with Gasteiger partial charge >= 0.3 is 6.18 Å². The molecule has 4 aliphatic carbocycles. The predicted molar refractivity (Wildman–Crippen MR) is 362 cm³/mol. The molecule has 10 atom stereocenters. The van der Waals surface area contributed by atoms with E-state index in [9.17, 15) is 46.7 Å². The zero-order chi connectivity index (χ0) is 73.2. The second kappa shape index (κ2) is 34.0. The normalized spacial score (nSPS) is 28.6. The number of benzene rings is 1. The van der Waals surface area contributed by atoms with Crippen LogP contribution in [0, 0.1) is 29.5 Å². The van der Waals surface area contributed by atoms with Gasteiger partial charge in [0.05, 0.1) is 18.5 Å². The Balaban J connectivity index is 1.16. The summed E-state index contributed by atoms with van der Waals surface area (Å²) < 4.78 is 56.2. The van der Waals surface area contributed by atoms with Crippen molar-refractivity contribution in [3.8, 4) is 0 Å². The van der Waals surface area contributed by atoms with Gasteiger partial charge in [0.1, 0.15) is 65.7 Å². The fourth-order valence-corrected chi connectivity index (χ4v) is 16.5. The van der Waals surface area contributed by atoms with Gasteiger partial charge in [-0.05, 0) is 119 Å². The standard InChI is InChI=1S/C72H108F4N12O12/c1-11-43(2)59-63(93)77-44(3)64(94)88-37-33-53(88)68(98)84(8)55(40-46-22-13-12-14-23-46)67(97)82(6)42-57(89)78-51(32-30-47-29-31-49(50(73)38-47)72(74,75)76)65(95)87-36-21-28-52(87)62(92)80-71(34-19-20-35-71)70(100)86(10)60(48-26-17-18-27-48)69(99)85(9)56(66(96)81(4)5)41-58(90)83(7)54(61(91)79-59)39-45-24-15-16-25-45/h29,31,38,43-46,48,51-56,59-60H,11-28,30,32-37,39-42H2,1-10H3,(H,77,93)(H,78,89)(H,79,91)(H,80,92)/t43-,44-,51-,52-,53-,54-,55-,56-,59-,60-/m0/s1. The van der Waals surface area contributed by atoms with E-state index in [2.05, 4.69) is 21.3 Å². The highest BCUT2D eigenvalue weighted by Crippen LogP contribution is 2.39. The van der Waals surface area contributed by atoms with Gasteiger partial charge in [-0.2, -0.15) is 13.2 Å². The number of alkyl halides is 3. The van der Waals surface area contributed by atoms with Crippen molar-refractivity contribution in [2.75, 3.05) is 69.0 Å². The van der Waals surface area contributed by atoms with Crippen LogP contribution in [0.4, 0.5) is 17.6 Å². The van der Waals surface area contributed by atoms with Crippen LogP contribution in [-0.2, 0) is 70.1 Å². The highest BCUT2D eigenvalue weighted by molar-refractivity contribution is 6.01. The molecule has 4 N–H and O–H groups in total. The minimum absolute atomic E-state index is 0.000999. The molecule has 3 heterocycles. The Morgan fingerprint density at radius 2 is 1.23 bits per heavy atom. The molecule has 100 heavy (non-hydrogen) atoms. The lowest BCUT2D eigenvalue weighted by molar-refractivity contribution is -0.158. The summed E-state index contributed by atoms with van der Waals surface area (Å²) in [7, 11) is 10.1. The number of hydrogen-bond donors (Lipinski definition) is 4. The van der Waals surface area contributed by atoms with Crippen LogP contribution in [0.3, 0.4) is 0 Å². The summed E-state index contributed by atoms with van der Waals surface area (Å²) in [5.74, 6) is -10.4. The number of fused-ring (bicyclic) bond motifs is 2. The Morgan fingerprint density at radius 3 is 1.81 bits per heavy atom. The van der Waals surface area contributed by atoms with E-state index >= 15 is 28.4 Å². The Bertz CT molecular complexity index is 3170. The molecule has 3 aliphatic heterocycles. The van der Waals surface area contributed by atoms with Crippen LogP contribution in [0.5, 0.6) is 0 Å². The summed E-state index contributed by atoms with van der Waals surface area (Å²) in [6.07, 6.45) is 6.89. The summed E-state index contributed by atoms with van der Waals surface area (Å²) in [6.45, 7) is 4.55. The molecule has 0 radical (unpaired) electrons. The fourth-order valence-electron chi connectivity index (χ4n) is 16.5. The lowest BCUT2D eigenvalue weighted by Gasteiger charge is -2.44. The summed E-state index contributed by atoms with van der Waals surface area (Å²) in [6, 6.07) is -8.77. The van der Waals surface area contributed by atoms with Gasteiger partial charge in [-0.25, -0.2) is 4.39 Å². The van der Waals surface area contributed by atoms with E-state index in [-0.39, 0.29) is 81.9 Å². The van der Waals surface area contributed by atoms with E-state index in [1.54, 1.807) is 6.92 Å². The SMILES string of the molecule is CC[C@H](C)[C@@H]1NC(=O)[C@H](CC2CCCC2)N(C)C(=O)C[C@@H](C(=O)N(C)C)N(C)C(=O)[C@H](C2CCCC2)N(C)C(=O)C2(CCCC2)NC(=O)[C@@H]2CCCN2C(=O)[C@H](CCc2ccc(C(F)(F)F)c(F)c2)NC(=O)CN(C)C(=O)[C@H](CC2CCCCC2)N(C)C(=O)[C@@H]2CCN2C(=O)[C@H](C)NC1=O. The van der Waals surface area contributed by atoms with E-state index in [1.165, 1.54) is 90.6 Å². The molecule has 1 aromatic carbocycles. The number of halogens is 4. The minimum atomic E-state index is -5.00. The summed E-state index contributed by atoms with van der Waals surface area (Å²) >= 11 is 0. The number of carbonyl (C=O) groups excluding carboxylic acids is 12. The van der Waals surface area contributed by atoms with E-state index in [0.717, 1.165) is 81.6 Å². The molecule has 0 aromatic heterocycles. The molecule has 28 heteroatoms. The number of amides is 12. The van der Waals surface area contributed by atoms with Crippen molar-refractivity contribution in [2.24, 2.45) is 23.7 Å². The van der Waals surface area contributed by atoms with Crippen molar-refractivity contribution in [1.82, 2.24) is 60.5 Å². The third-order valence-corrected chi connectivity index (χ3v) is 23.0. The molecule has 8 rings (SSSR count). The molecule has 556 valence electrons. The Hall–Kier alpha value is -7.42. The highest BCUT2D eigenvalue weighted by atomic mass is 19.4. The quantitative estimate of drug-likeness (QED) is 0.205. The van der Waals surface area contributed by atoms with E-state index < -0.39 is 173 Å². The smallest absolute Gasteiger partial charge is 0.347 e. The zero-order valence-electron chi connectivity index (χ0n) is 60.2. The molecule has 24 nitrogen and oxygen atoms in total. The molecule has 12 amide bonds. The van der Waals surface area contributed by atoms with E-state index in [1.807, 2.05) is 6.92 Å². The first-order valence-corrected chi connectivity index (χ1v) is 36.5. The molecule has 0 bridgehead atoms. The highest BCUT2D eigenvalue weighted by Gasteiger charge is 2.52. The lowest BCUT2D eigenvalue weighted by atomic mass is 9.84. The summed E-state index contributed by atoms with van der Waals surface area (Å²) in [5, 5.41) is 11.5. The number of likely N-dealkylation sites (N-methyl/N-ethyl adjacent to an activating group) is 6. The summed E-state index contributed by atoms with van der Waals surface area (Å²) in [5.41, 5.74) is -3.03. The number of nitrogens with zero attached hydrogens (tertiary/aromatic N) is 8. The monoisotopic (exact) mass is 1410 g/mol. The van der Waals surface area contributed by atoms with Gasteiger partial charge in [-0.3, -0.25) is 57.5 Å². The van der Waals surface area contributed by atoms with Crippen LogP contribution >= 0.6 is 0 Å². The van der Waals surface area contributed by atoms with E-state index in [4.69, 9.17) is 0 Å². The van der Waals surface area contributed by atoms with Crippen molar-refractivity contribution < 1.29 is 75.1 Å². The maximum absolute atomic E-state index is 15.6. The topological polar surface area (TPSA) is 279 Å². The second-order valence-corrected chi connectivity index (χ2v) is 30.0. The number of aryl methyl sites for hydroxylation is 1. The molecule has 7 aliphatic rings. The fraction of sp³-hybridized carbons (Fsp3) is 0.750. The van der Waals surface area contributed by atoms with Gasteiger partial charge in [0.25, 0.3) is 0 Å². The number of hydrogen-bond acceptors (Lipinski definition) is 12. The predicted octanol–water partition coefficient (Wildman–Crippen LogP) is 5.32. The number of rotatable bonds is 11. The van der Waals surface area contributed by atoms with Gasteiger partial charge in [-0.1, -0.05) is 110 Å². The molecular weight excluding hydrogens is 1300 g/mol. The van der Waals surface area contributed by atoms with Crippen LogP contribution in [0.2, 0.25) is 0 Å². The van der Waals surface area contributed by atoms with E-state index in [0.29, 0.717) is 50.7 Å². The first-order valence-electron chi connectivity index (χ1n) is 36.5. The first kappa shape index (κ1) is 78.3. The minimum Gasteiger partial charge on any atom is -0.347 e. The third-order valence-electron chi connectivity index (χ3n) is 23.0. The number of nitrogens with one attached hydrogen (secondary N) is 4. The van der Waals surface area contributed by atoms with Crippen LogP contribution in [0.25, 0.3) is 0 Å². The van der Waals surface area contributed by atoms with Gasteiger partial charge in [-0.15, -0.1) is 0 Å². The Morgan fingerprint density at radius 1 is 0.630 bits per heavy atom. The molecule has 1 spiro atoms. The maximum atomic E-state index is 15.6. The second-order valence-electron chi connectivity index (χ2n) is 30.0. The Labute approximate surface area is 585 Å². The average molecular weight is 1410 g/mol. The largest absolute Gasteiger partial charge is 0.419 e. The van der Waals surface area contributed by atoms with Gasteiger partial charge < -0.3 is 60.5 Å². The zero-order valence-corrected chi connectivity index (χ0v) is 60.2. The molecule has 1 aromatic rings. The molecule has 4 saturated carbocycles. The first-order chi connectivity index (χ1) is 47.3. The van der Waals surface area contributed by atoms with Crippen LogP contribution in [-0.4, -0.2) is 239 Å². The average Bonchev–Trinajstić information content (AvgIpc) is 1.39. The number of carbonyl (C=O) groups is 12. The van der Waals surface area contributed by atoms with Crippen molar-refractivity contribution in [2.45, 2.75) is 254 Å². The molecule has 0 unspecified atom stereocenters. The van der Waals surface area contributed by atoms with Crippen LogP contribution < -0.4 is 21.3 Å². The maximum Gasteiger partial charge on any atom is 0.419 e. The van der Waals surface area contributed by atoms with Crippen molar-refractivity contribution in [1.29, 1.82) is 0 Å². The molecule has 3 saturated heterocycles. The lowest BCUT2D eigenvalue weighted by Crippen LogP contribution is -2.65. The van der Waals surface area contributed by atoms with Gasteiger partial charge in [0.15, 0.2) is 0 Å². The van der Waals surface area contributed by atoms with Crippen molar-refractivity contribution in [3.63, 3.8) is 0 Å². The molecule has 7 fully saturated rings. The van der Waals surface area contributed by atoms with Crippen molar-refractivity contribution >= 4 is 70.9 Å². The van der Waals surface area contributed by atoms with Crippen LogP contribution in [0.1, 0.15) is 192 Å². The Kier molecular flexibility index (Phi) is 26.7. The third kappa shape index (κ3) is 18.2. The van der Waals surface area contributed by atoms with Gasteiger partial charge in [0, 0.05) is 62.4 Å². The van der Waals surface area contributed by atoms with Crippen molar-refractivity contribution in [3.05, 3.63) is 35.1 Å². The van der Waals surface area contributed by atoms with Gasteiger partial charge in [0.2, 0.25) is 70.9 Å². The summed E-state index contributed by atoms with van der Waals surface area (Å²) in [4.78, 5) is 189. The van der Waals surface area contributed by atoms with Crippen LogP contribution in [0.15, 0.2) is 18.2 Å².